The summed E-state index contributed by atoms with van der Waals surface area (Å²) in [6.45, 7) is 3.88. The van der Waals surface area contributed by atoms with Crippen LogP contribution < -0.4 is 10.6 Å². The van der Waals surface area contributed by atoms with E-state index in [0.717, 1.165) is 25.7 Å². The molecule has 1 heterocycles. The topological polar surface area (TPSA) is 78.5 Å². The number of carbonyl (C=O) groups is 3. The van der Waals surface area contributed by atoms with Gasteiger partial charge in [0.05, 0.1) is 5.92 Å². The van der Waals surface area contributed by atoms with Crippen LogP contribution in [0.2, 0.25) is 0 Å². The normalized spacial score (nSPS) is 16.0. The fourth-order valence-electron chi connectivity index (χ4n) is 3.58. The summed E-state index contributed by atoms with van der Waals surface area (Å²) in [5, 5.41) is 5.81. The number of anilines is 1. The van der Waals surface area contributed by atoms with Crippen molar-refractivity contribution >= 4 is 23.4 Å². The predicted octanol–water partition coefficient (Wildman–Crippen LogP) is 3.71. The summed E-state index contributed by atoms with van der Waals surface area (Å²) in [5.41, 5.74) is 1.77. The molecule has 158 valence electrons. The molecular formula is C24H29N3O3. The molecule has 2 aromatic carbocycles. The minimum Gasteiger partial charge on any atom is -0.356 e. The minimum absolute atomic E-state index is 0.0416. The molecule has 0 aromatic heterocycles. The largest absolute Gasteiger partial charge is 0.356 e. The summed E-state index contributed by atoms with van der Waals surface area (Å²) in [7, 11) is 0. The molecule has 1 fully saturated rings. The van der Waals surface area contributed by atoms with Gasteiger partial charge in [0.2, 0.25) is 5.91 Å². The number of carbonyl (C=O) groups excluding carboxylic acids is 3. The van der Waals surface area contributed by atoms with Gasteiger partial charge in [-0.05, 0) is 55.7 Å². The number of likely N-dealkylation sites (tertiary alicyclic amines) is 1. The Bertz CT molecular complexity index is 865. The van der Waals surface area contributed by atoms with Gasteiger partial charge in [-0.1, -0.05) is 31.5 Å². The predicted molar refractivity (Wildman–Crippen MR) is 117 cm³/mol. The number of hydrogen-bond donors (Lipinski definition) is 2. The Morgan fingerprint density at radius 2 is 1.73 bits per heavy atom. The average Bonchev–Trinajstić information content (AvgIpc) is 2.80. The second-order valence-electron chi connectivity index (χ2n) is 7.63. The number of rotatable bonds is 7. The Kier molecular flexibility index (Phi) is 7.60. The summed E-state index contributed by atoms with van der Waals surface area (Å²) < 4.78 is 0. The van der Waals surface area contributed by atoms with Crippen molar-refractivity contribution < 1.29 is 14.4 Å². The summed E-state index contributed by atoms with van der Waals surface area (Å²) in [5.74, 6) is -0.381. The van der Waals surface area contributed by atoms with E-state index in [2.05, 4.69) is 17.6 Å². The Hall–Kier alpha value is -3.15. The van der Waals surface area contributed by atoms with E-state index in [9.17, 15) is 14.4 Å². The van der Waals surface area contributed by atoms with Crippen LogP contribution in [0, 0.1) is 5.92 Å². The highest BCUT2D eigenvalue weighted by Gasteiger charge is 2.28. The first-order valence-electron chi connectivity index (χ1n) is 10.6. The van der Waals surface area contributed by atoms with Crippen LogP contribution in [0.3, 0.4) is 0 Å². The van der Waals surface area contributed by atoms with Gasteiger partial charge in [-0.15, -0.1) is 0 Å². The molecule has 3 amide bonds. The number of unbranched alkanes of at least 4 members (excludes halogenated alkanes) is 1. The first-order chi connectivity index (χ1) is 14.6. The van der Waals surface area contributed by atoms with Crippen LogP contribution in [0.5, 0.6) is 0 Å². The molecule has 3 rings (SSSR count). The second kappa shape index (κ2) is 10.6. The van der Waals surface area contributed by atoms with E-state index >= 15 is 0 Å². The maximum Gasteiger partial charge on any atom is 0.255 e. The molecule has 0 aliphatic carbocycles. The molecule has 0 spiro atoms. The van der Waals surface area contributed by atoms with E-state index < -0.39 is 0 Å². The number of piperidine rings is 1. The maximum atomic E-state index is 12.9. The highest BCUT2D eigenvalue weighted by atomic mass is 16.2. The number of nitrogens with one attached hydrogen (secondary N) is 2. The zero-order valence-electron chi connectivity index (χ0n) is 17.4. The van der Waals surface area contributed by atoms with E-state index in [-0.39, 0.29) is 23.6 Å². The van der Waals surface area contributed by atoms with Gasteiger partial charge in [-0.25, -0.2) is 0 Å². The van der Waals surface area contributed by atoms with Gasteiger partial charge in [0, 0.05) is 36.4 Å². The fourth-order valence-corrected chi connectivity index (χ4v) is 3.58. The Morgan fingerprint density at radius 1 is 1.00 bits per heavy atom. The third-order valence-corrected chi connectivity index (χ3v) is 5.33. The van der Waals surface area contributed by atoms with Gasteiger partial charge in [0.25, 0.3) is 11.8 Å². The molecule has 1 atom stereocenters. The fraction of sp³-hybridized carbons (Fsp3) is 0.375. The van der Waals surface area contributed by atoms with Crippen molar-refractivity contribution in [1.29, 1.82) is 0 Å². The number of amides is 3. The van der Waals surface area contributed by atoms with Crippen LogP contribution in [0.25, 0.3) is 0 Å². The van der Waals surface area contributed by atoms with E-state index in [1.54, 1.807) is 41.3 Å². The van der Waals surface area contributed by atoms with Crippen molar-refractivity contribution in [3.63, 3.8) is 0 Å². The van der Waals surface area contributed by atoms with Crippen LogP contribution in [-0.2, 0) is 4.79 Å². The van der Waals surface area contributed by atoms with E-state index in [1.807, 2.05) is 18.2 Å². The highest BCUT2D eigenvalue weighted by Crippen LogP contribution is 2.20. The maximum absolute atomic E-state index is 12.9. The second-order valence-corrected chi connectivity index (χ2v) is 7.63. The first-order valence-corrected chi connectivity index (χ1v) is 10.6. The van der Waals surface area contributed by atoms with Gasteiger partial charge >= 0.3 is 0 Å². The Labute approximate surface area is 177 Å². The molecule has 30 heavy (non-hydrogen) atoms. The van der Waals surface area contributed by atoms with E-state index in [0.29, 0.717) is 36.4 Å². The lowest BCUT2D eigenvalue weighted by Crippen LogP contribution is -2.45. The van der Waals surface area contributed by atoms with Crippen molar-refractivity contribution in [3.05, 3.63) is 65.7 Å². The Morgan fingerprint density at radius 3 is 2.43 bits per heavy atom. The van der Waals surface area contributed by atoms with E-state index in [1.165, 1.54) is 0 Å². The molecule has 0 saturated carbocycles. The summed E-state index contributed by atoms with van der Waals surface area (Å²) in [4.78, 5) is 39.2. The van der Waals surface area contributed by atoms with Crippen LogP contribution in [0.4, 0.5) is 5.69 Å². The quantitative estimate of drug-likeness (QED) is 0.687. The molecule has 1 aliphatic heterocycles. The van der Waals surface area contributed by atoms with Crippen molar-refractivity contribution in [2.75, 3.05) is 25.0 Å². The van der Waals surface area contributed by atoms with Gasteiger partial charge in [0.15, 0.2) is 0 Å². The van der Waals surface area contributed by atoms with Gasteiger partial charge in [-0.3, -0.25) is 14.4 Å². The van der Waals surface area contributed by atoms with Crippen molar-refractivity contribution in [2.24, 2.45) is 5.92 Å². The van der Waals surface area contributed by atoms with Crippen molar-refractivity contribution in [3.8, 4) is 0 Å². The third kappa shape index (κ3) is 5.69. The number of nitrogens with zero attached hydrogens (tertiary/aromatic N) is 1. The zero-order valence-corrected chi connectivity index (χ0v) is 17.4. The standard InChI is InChI=1S/C24H29N3O3/c1-2-3-15-25-22(28)20-10-7-16-27(17-20)24(30)19-11-13-21(14-12-19)26-23(29)18-8-5-4-6-9-18/h4-6,8-9,11-14,20H,2-3,7,10,15-17H2,1H3,(H,25,28)(H,26,29). The molecule has 6 nitrogen and oxygen atoms in total. The molecular weight excluding hydrogens is 378 g/mol. The van der Waals surface area contributed by atoms with E-state index in [4.69, 9.17) is 0 Å². The molecule has 1 aliphatic rings. The van der Waals surface area contributed by atoms with Crippen LogP contribution in [-0.4, -0.2) is 42.3 Å². The SMILES string of the molecule is CCCCNC(=O)C1CCCN(C(=O)c2ccc(NC(=O)c3ccccc3)cc2)C1. The average molecular weight is 408 g/mol. The Balaban J connectivity index is 1.57. The molecule has 1 saturated heterocycles. The summed E-state index contributed by atoms with van der Waals surface area (Å²) >= 11 is 0. The number of hydrogen-bond acceptors (Lipinski definition) is 3. The molecule has 6 heteroatoms. The highest BCUT2D eigenvalue weighted by molar-refractivity contribution is 6.04. The zero-order chi connectivity index (χ0) is 21.3. The molecule has 2 N–H and O–H groups in total. The number of benzene rings is 2. The first kappa shape index (κ1) is 21.6. The third-order valence-electron chi connectivity index (χ3n) is 5.33. The molecule has 0 radical (unpaired) electrons. The molecule has 0 bridgehead atoms. The lowest BCUT2D eigenvalue weighted by Gasteiger charge is -2.32. The lowest BCUT2D eigenvalue weighted by molar-refractivity contribution is -0.126. The van der Waals surface area contributed by atoms with Crippen LogP contribution >= 0.6 is 0 Å². The molecule has 2 aromatic rings. The monoisotopic (exact) mass is 407 g/mol. The summed E-state index contributed by atoms with van der Waals surface area (Å²) in [6, 6.07) is 15.9. The van der Waals surface area contributed by atoms with Gasteiger partial charge in [0.1, 0.15) is 0 Å². The van der Waals surface area contributed by atoms with Crippen LogP contribution in [0.15, 0.2) is 54.6 Å². The van der Waals surface area contributed by atoms with Gasteiger partial charge < -0.3 is 15.5 Å². The lowest BCUT2D eigenvalue weighted by atomic mass is 9.96. The van der Waals surface area contributed by atoms with Crippen molar-refractivity contribution in [1.82, 2.24) is 10.2 Å². The summed E-state index contributed by atoms with van der Waals surface area (Å²) in [6.07, 6.45) is 3.64. The van der Waals surface area contributed by atoms with Crippen molar-refractivity contribution in [2.45, 2.75) is 32.6 Å². The molecule has 1 unspecified atom stereocenters. The smallest absolute Gasteiger partial charge is 0.255 e. The van der Waals surface area contributed by atoms with Crippen LogP contribution in [0.1, 0.15) is 53.3 Å². The van der Waals surface area contributed by atoms with Gasteiger partial charge in [-0.2, -0.15) is 0 Å². The minimum atomic E-state index is -0.192.